The average molecular weight is 211 g/mol. The number of ether oxygens (including phenoxy) is 1. The molecular formula is C10H17N3O2. The summed E-state index contributed by atoms with van der Waals surface area (Å²) in [5.74, 6) is -0.226. The molecule has 0 aromatic carbocycles. The highest BCUT2D eigenvalue weighted by Gasteiger charge is 2.21. The lowest BCUT2D eigenvalue weighted by Crippen LogP contribution is -2.22. The number of hydrogen-bond acceptors (Lipinski definition) is 4. The van der Waals surface area contributed by atoms with E-state index < -0.39 is 0 Å². The number of nitrogens with zero attached hydrogens (tertiary/aromatic N) is 3. The molecule has 0 radical (unpaired) electrons. The molecule has 15 heavy (non-hydrogen) atoms. The van der Waals surface area contributed by atoms with Crippen molar-refractivity contribution in [3.8, 4) is 0 Å². The van der Waals surface area contributed by atoms with Crippen LogP contribution in [0.5, 0.6) is 0 Å². The van der Waals surface area contributed by atoms with Crippen LogP contribution >= 0.6 is 0 Å². The van der Waals surface area contributed by atoms with Gasteiger partial charge in [-0.2, -0.15) is 5.10 Å². The molecule has 0 bridgehead atoms. The van der Waals surface area contributed by atoms with E-state index in [1.54, 1.807) is 17.9 Å². The Kier molecular flexibility index (Phi) is 4.80. The number of carbonyl (C=O) groups excluding carboxylic acids is 1. The fraction of sp³-hybridized carbons (Fsp3) is 0.700. The minimum Gasteiger partial charge on any atom is -0.464 e. The van der Waals surface area contributed by atoms with Crippen molar-refractivity contribution in [1.82, 2.24) is 14.8 Å². The fourth-order valence-electron chi connectivity index (χ4n) is 1.37. The number of esters is 1. The Hall–Kier alpha value is -1.39. The quantitative estimate of drug-likeness (QED) is 0.670. The van der Waals surface area contributed by atoms with Crippen LogP contribution in [-0.4, -0.2) is 27.3 Å². The summed E-state index contributed by atoms with van der Waals surface area (Å²) in [5.41, 5.74) is 0. The summed E-state index contributed by atoms with van der Waals surface area (Å²) in [6, 6.07) is -0.326. The van der Waals surface area contributed by atoms with Crippen LogP contribution in [0.1, 0.15) is 39.2 Å². The summed E-state index contributed by atoms with van der Waals surface area (Å²) in [5, 5.41) is 3.98. The van der Waals surface area contributed by atoms with Crippen LogP contribution < -0.4 is 0 Å². The Balaban J connectivity index is 2.65. The van der Waals surface area contributed by atoms with Gasteiger partial charge in [0.1, 0.15) is 12.7 Å². The maximum Gasteiger partial charge on any atom is 0.330 e. The highest BCUT2D eigenvalue weighted by atomic mass is 16.5. The largest absolute Gasteiger partial charge is 0.464 e. The SMILES string of the molecule is CCCCC(C(=O)OCC)n1cncn1. The predicted octanol–water partition coefficient (Wildman–Crippen LogP) is 1.57. The van der Waals surface area contributed by atoms with Gasteiger partial charge in [-0.15, -0.1) is 0 Å². The van der Waals surface area contributed by atoms with Crippen LogP contribution in [-0.2, 0) is 9.53 Å². The highest BCUT2D eigenvalue weighted by Crippen LogP contribution is 2.15. The van der Waals surface area contributed by atoms with Crippen LogP contribution in [0, 0.1) is 0 Å². The van der Waals surface area contributed by atoms with E-state index in [2.05, 4.69) is 17.0 Å². The van der Waals surface area contributed by atoms with Gasteiger partial charge in [0.15, 0.2) is 6.04 Å². The molecule has 0 saturated heterocycles. The van der Waals surface area contributed by atoms with Crippen molar-refractivity contribution in [1.29, 1.82) is 0 Å². The molecule has 0 N–H and O–H groups in total. The highest BCUT2D eigenvalue weighted by molar-refractivity contribution is 5.73. The molecule has 0 amide bonds. The first-order chi connectivity index (χ1) is 7.29. The second-order valence-electron chi connectivity index (χ2n) is 3.29. The predicted molar refractivity (Wildman–Crippen MR) is 55.2 cm³/mol. The Morgan fingerprint density at radius 1 is 1.53 bits per heavy atom. The van der Waals surface area contributed by atoms with Gasteiger partial charge in [-0.25, -0.2) is 14.5 Å². The molecule has 5 nitrogen and oxygen atoms in total. The van der Waals surface area contributed by atoms with Crippen molar-refractivity contribution in [3.05, 3.63) is 12.7 Å². The number of hydrogen-bond donors (Lipinski definition) is 0. The molecule has 1 rings (SSSR count). The van der Waals surface area contributed by atoms with Gasteiger partial charge in [0.2, 0.25) is 0 Å². The Bertz CT molecular complexity index is 285. The molecule has 0 saturated carbocycles. The van der Waals surface area contributed by atoms with Gasteiger partial charge in [0, 0.05) is 0 Å². The average Bonchev–Trinajstić information content (AvgIpc) is 2.72. The topological polar surface area (TPSA) is 57.0 Å². The minimum absolute atomic E-state index is 0.226. The number of unbranched alkanes of at least 4 members (excludes halogenated alkanes) is 1. The summed E-state index contributed by atoms with van der Waals surface area (Å²) in [6.45, 7) is 4.29. The lowest BCUT2D eigenvalue weighted by Gasteiger charge is -2.14. The van der Waals surface area contributed by atoms with E-state index in [0.717, 1.165) is 19.3 Å². The van der Waals surface area contributed by atoms with Crippen LogP contribution in [0.15, 0.2) is 12.7 Å². The van der Waals surface area contributed by atoms with Crippen molar-refractivity contribution in [2.75, 3.05) is 6.61 Å². The summed E-state index contributed by atoms with van der Waals surface area (Å²) in [4.78, 5) is 15.5. The molecule has 84 valence electrons. The Morgan fingerprint density at radius 3 is 2.87 bits per heavy atom. The molecule has 1 heterocycles. The molecule has 0 spiro atoms. The first-order valence-electron chi connectivity index (χ1n) is 5.30. The van der Waals surface area contributed by atoms with Gasteiger partial charge in [-0.05, 0) is 13.3 Å². The standard InChI is InChI=1S/C10H17N3O2/c1-3-5-6-9(10(14)15-4-2)13-8-11-7-12-13/h7-9H,3-6H2,1-2H3. The van der Waals surface area contributed by atoms with Crippen LogP contribution in [0.3, 0.4) is 0 Å². The van der Waals surface area contributed by atoms with Crippen molar-refractivity contribution in [2.45, 2.75) is 39.2 Å². The van der Waals surface area contributed by atoms with E-state index in [0.29, 0.717) is 6.61 Å². The monoisotopic (exact) mass is 211 g/mol. The third-order valence-electron chi connectivity index (χ3n) is 2.15. The first-order valence-corrected chi connectivity index (χ1v) is 5.30. The molecule has 0 aliphatic carbocycles. The van der Waals surface area contributed by atoms with Crippen LogP contribution in [0.2, 0.25) is 0 Å². The van der Waals surface area contributed by atoms with Crippen molar-refractivity contribution >= 4 is 5.97 Å². The third kappa shape index (κ3) is 3.34. The molecular weight excluding hydrogens is 194 g/mol. The zero-order valence-corrected chi connectivity index (χ0v) is 9.22. The Morgan fingerprint density at radius 2 is 2.33 bits per heavy atom. The molecule has 1 aromatic rings. The van der Waals surface area contributed by atoms with E-state index in [1.165, 1.54) is 6.33 Å². The van der Waals surface area contributed by atoms with Crippen LogP contribution in [0.4, 0.5) is 0 Å². The van der Waals surface area contributed by atoms with Crippen molar-refractivity contribution in [3.63, 3.8) is 0 Å². The zero-order chi connectivity index (χ0) is 11.1. The van der Waals surface area contributed by atoms with Gasteiger partial charge in [0.05, 0.1) is 6.61 Å². The summed E-state index contributed by atoms with van der Waals surface area (Å²) in [6.07, 6.45) is 5.75. The second kappa shape index (κ2) is 6.16. The summed E-state index contributed by atoms with van der Waals surface area (Å²) >= 11 is 0. The lowest BCUT2D eigenvalue weighted by atomic mass is 10.1. The Labute approximate surface area is 89.5 Å². The second-order valence-corrected chi connectivity index (χ2v) is 3.29. The fourth-order valence-corrected chi connectivity index (χ4v) is 1.37. The lowest BCUT2D eigenvalue weighted by molar-refractivity contribution is -0.147. The van der Waals surface area contributed by atoms with Crippen LogP contribution in [0.25, 0.3) is 0 Å². The van der Waals surface area contributed by atoms with Gasteiger partial charge < -0.3 is 4.74 Å². The normalized spacial score (nSPS) is 12.4. The van der Waals surface area contributed by atoms with Crippen molar-refractivity contribution < 1.29 is 9.53 Å². The molecule has 0 aliphatic heterocycles. The van der Waals surface area contributed by atoms with E-state index in [9.17, 15) is 4.79 Å². The summed E-state index contributed by atoms with van der Waals surface area (Å²) in [7, 11) is 0. The maximum atomic E-state index is 11.6. The summed E-state index contributed by atoms with van der Waals surface area (Å²) < 4.78 is 6.56. The van der Waals surface area contributed by atoms with Gasteiger partial charge in [-0.1, -0.05) is 19.8 Å². The third-order valence-corrected chi connectivity index (χ3v) is 2.15. The number of rotatable bonds is 6. The van der Waals surface area contributed by atoms with E-state index >= 15 is 0 Å². The van der Waals surface area contributed by atoms with Gasteiger partial charge in [-0.3, -0.25) is 0 Å². The minimum atomic E-state index is -0.326. The van der Waals surface area contributed by atoms with E-state index in [-0.39, 0.29) is 12.0 Å². The number of aromatic nitrogens is 3. The molecule has 0 aliphatic rings. The molecule has 1 atom stereocenters. The molecule has 0 fully saturated rings. The van der Waals surface area contributed by atoms with Gasteiger partial charge >= 0.3 is 5.97 Å². The molecule has 1 unspecified atom stereocenters. The van der Waals surface area contributed by atoms with Gasteiger partial charge in [0.25, 0.3) is 0 Å². The first kappa shape index (κ1) is 11.7. The smallest absolute Gasteiger partial charge is 0.330 e. The number of carbonyl (C=O) groups is 1. The molecule has 1 aromatic heterocycles. The molecule has 5 heteroatoms. The van der Waals surface area contributed by atoms with E-state index in [1.807, 2.05) is 0 Å². The van der Waals surface area contributed by atoms with Crippen molar-refractivity contribution in [2.24, 2.45) is 0 Å². The maximum absolute atomic E-state index is 11.6. The van der Waals surface area contributed by atoms with E-state index in [4.69, 9.17) is 4.74 Å². The zero-order valence-electron chi connectivity index (χ0n) is 9.22.